The molecule has 0 heterocycles. The molecule has 0 aliphatic rings. The van der Waals surface area contributed by atoms with E-state index in [1.165, 1.54) is 24.3 Å². The number of esters is 1. The van der Waals surface area contributed by atoms with E-state index in [1.807, 2.05) is 0 Å². The Morgan fingerprint density at radius 2 is 1.71 bits per heavy atom. The molecule has 10 heteroatoms. The van der Waals surface area contributed by atoms with Crippen LogP contribution in [0.15, 0.2) is 47.4 Å². The third-order valence-corrected chi connectivity index (χ3v) is 4.88. The third kappa shape index (κ3) is 5.43. The number of hydrogen-bond acceptors (Lipinski definition) is 7. The van der Waals surface area contributed by atoms with Crippen molar-refractivity contribution in [3.8, 4) is 0 Å². The molecule has 0 N–H and O–H groups in total. The minimum atomic E-state index is -3.84. The van der Waals surface area contributed by atoms with E-state index in [-0.39, 0.29) is 30.8 Å². The Hall–Kier alpha value is -3.14. The molecule has 0 amide bonds. The second-order valence-electron chi connectivity index (χ2n) is 5.88. The first-order chi connectivity index (χ1) is 13.1. The van der Waals surface area contributed by atoms with Gasteiger partial charge in [-0.25, -0.2) is 17.6 Å². The van der Waals surface area contributed by atoms with Crippen LogP contribution in [0.4, 0.5) is 10.1 Å². The molecule has 2 rings (SSSR count). The molecule has 0 bridgehead atoms. The average molecular weight is 409 g/mol. The second-order valence-corrected chi connectivity index (χ2v) is 7.87. The van der Waals surface area contributed by atoms with E-state index in [4.69, 9.17) is 4.74 Å². The summed E-state index contributed by atoms with van der Waals surface area (Å²) < 4.78 is 41.0. The highest BCUT2D eigenvalue weighted by atomic mass is 32.2. The van der Waals surface area contributed by atoms with Crippen LogP contribution in [0, 0.1) is 15.9 Å². The Morgan fingerprint density at radius 1 is 1.11 bits per heavy atom. The Kier molecular flexibility index (Phi) is 6.57. The lowest BCUT2D eigenvalue weighted by atomic mass is 10.1. The third-order valence-electron chi connectivity index (χ3n) is 3.74. The predicted octanol–water partition coefficient (Wildman–Crippen LogP) is 2.96. The standard InChI is InChI=1S/C18H16FNO7S/c1-28(25,26)17-9-6-13(11-15(17)20(23)24)18(22)27-10-2-3-16(21)12-4-7-14(19)8-5-12/h4-9,11H,2-3,10H2,1H3. The topological polar surface area (TPSA) is 121 Å². The van der Waals surface area contributed by atoms with Gasteiger partial charge in [-0.1, -0.05) is 0 Å². The van der Waals surface area contributed by atoms with Crippen molar-refractivity contribution in [2.75, 3.05) is 12.9 Å². The lowest BCUT2D eigenvalue weighted by molar-refractivity contribution is -0.387. The number of carbonyl (C=O) groups is 2. The van der Waals surface area contributed by atoms with Crippen molar-refractivity contribution in [1.29, 1.82) is 0 Å². The lowest BCUT2D eigenvalue weighted by Crippen LogP contribution is -2.10. The number of nitro benzene ring substituents is 1. The summed E-state index contributed by atoms with van der Waals surface area (Å²) in [5, 5.41) is 11.1. The van der Waals surface area contributed by atoms with Crippen LogP contribution in [0.5, 0.6) is 0 Å². The van der Waals surface area contributed by atoms with Crippen molar-refractivity contribution in [2.24, 2.45) is 0 Å². The van der Waals surface area contributed by atoms with E-state index < -0.39 is 37.1 Å². The van der Waals surface area contributed by atoms with E-state index in [9.17, 15) is 32.5 Å². The van der Waals surface area contributed by atoms with Gasteiger partial charge in [0.15, 0.2) is 15.6 Å². The lowest BCUT2D eigenvalue weighted by Gasteiger charge is -2.06. The molecule has 0 saturated heterocycles. The van der Waals surface area contributed by atoms with Crippen molar-refractivity contribution in [1.82, 2.24) is 0 Å². The van der Waals surface area contributed by atoms with Crippen molar-refractivity contribution in [2.45, 2.75) is 17.7 Å². The number of sulfone groups is 1. The number of ether oxygens (including phenoxy) is 1. The number of nitro groups is 1. The fraction of sp³-hybridized carbons (Fsp3) is 0.222. The van der Waals surface area contributed by atoms with Crippen LogP contribution in [0.1, 0.15) is 33.6 Å². The van der Waals surface area contributed by atoms with Crippen molar-refractivity contribution < 1.29 is 32.1 Å². The molecule has 0 saturated carbocycles. The zero-order chi connectivity index (χ0) is 20.9. The number of hydrogen-bond donors (Lipinski definition) is 0. The summed E-state index contributed by atoms with van der Waals surface area (Å²) in [6, 6.07) is 7.97. The Labute approximate surface area is 160 Å². The highest BCUT2D eigenvalue weighted by Crippen LogP contribution is 2.25. The van der Waals surface area contributed by atoms with E-state index >= 15 is 0 Å². The normalized spacial score (nSPS) is 11.1. The fourth-order valence-electron chi connectivity index (χ4n) is 2.36. The number of nitrogens with zero attached hydrogens (tertiary/aromatic N) is 1. The fourth-order valence-corrected chi connectivity index (χ4v) is 3.19. The smallest absolute Gasteiger partial charge is 0.338 e. The largest absolute Gasteiger partial charge is 0.462 e. The molecule has 148 valence electrons. The molecule has 0 unspecified atom stereocenters. The number of ketones is 1. The van der Waals surface area contributed by atoms with Gasteiger partial charge in [0.25, 0.3) is 5.69 Å². The Bertz CT molecular complexity index is 1020. The van der Waals surface area contributed by atoms with E-state index in [1.54, 1.807) is 0 Å². The van der Waals surface area contributed by atoms with Crippen molar-refractivity contribution in [3.05, 3.63) is 69.5 Å². The molecular formula is C18H16FNO7S. The van der Waals surface area contributed by atoms with E-state index in [0.29, 0.717) is 5.56 Å². The first-order valence-electron chi connectivity index (χ1n) is 8.04. The number of halogens is 1. The van der Waals surface area contributed by atoms with Crippen molar-refractivity contribution >= 4 is 27.3 Å². The summed E-state index contributed by atoms with van der Waals surface area (Å²) in [6.45, 7) is -0.118. The molecule has 0 fully saturated rings. The van der Waals surface area contributed by atoms with E-state index in [0.717, 1.165) is 24.5 Å². The van der Waals surface area contributed by atoms with E-state index in [2.05, 4.69) is 0 Å². The minimum Gasteiger partial charge on any atom is -0.462 e. The Morgan fingerprint density at radius 3 is 2.29 bits per heavy atom. The maximum absolute atomic E-state index is 12.8. The first-order valence-corrected chi connectivity index (χ1v) is 9.93. The average Bonchev–Trinajstić information content (AvgIpc) is 2.64. The van der Waals surface area contributed by atoms with Crippen LogP contribution >= 0.6 is 0 Å². The molecule has 0 atom stereocenters. The van der Waals surface area contributed by atoms with Gasteiger partial charge in [0.05, 0.1) is 17.1 Å². The monoisotopic (exact) mass is 409 g/mol. The van der Waals surface area contributed by atoms with Gasteiger partial charge in [-0.2, -0.15) is 0 Å². The first kappa shape index (κ1) is 21.2. The summed E-state index contributed by atoms with van der Waals surface area (Å²) in [5.74, 6) is -1.58. The molecule has 0 radical (unpaired) electrons. The maximum atomic E-state index is 12.8. The predicted molar refractivity (Wildman–Crippen MR) is 96.5 cm³/mol. The molecule has 2 aromatic carbocycles. The van der Waals surface area contributed by atoms with Crippen LogP contribution in [0.2, 0.25) is 0 Å². The van der Waals surface area contributed by atoms with Gasteiger partial charge < -0.3 is 4.74 Å². The summed E-state index contributed by atoms with van der Waals surface area (Å²) in [7, 11) is -3.84. The van der Waals surface area contributed by atoms with Crippen LogP contribution in [0.25, 0.3) is 0 Å². The van der Waals surface area contributed by atoms with Gasteiger partial charge in [-0.15, -0.1) is 0 Å². The van der Waals surface area contributed by atoms with Crippen LogP contribution < -0.4 is 0 Å². The second kappa shape index (κ2) is 8.70. The molecule has 0 spiro atoms. The highest BCUT2D eigenvalue weighted by molar-refractivity contribution is 7.90. The van der Waals surface area contributed by atoms with Gasteiger partial charge in [-0.3, -0.25) is 14.9 Å². The molecule has 2 aromatic rings. The summed E-state index contributed by atoms with van der Waals surface area (Å²) in [5.41, 5.74) is -0.563. The number of rotatable bonds is 8. The molecule has 8 nitrogen and oxygen atoms in total. The van der Waals surface area contributed by atoms with Gasteiger partial charge in [0.1, 0.15) is 10.7 Å². The van der Waals surface area contributed by atoms with Crippen LogP contribution in [0.3, 0.4) is 0 Å². The van der Waals surface area contributed by atoms with Crippen LogP contribution in [-0.2, 0) is 14.6 Å². The van der Waals surface area contributed by atoms with Crippen LogP contribution in [-0.4, -0.2) is 38.0 Å². The number of Topliss-reactive ketones (excluding diaryl/α,β-unsaturated/α-hetero) is 1. The summed E-state index contributed by atoms with van der Waals surface area (Å²) >= 11 is 0. The number of carbonyl (C=O) groups excluding carboxylic acids is 2. The maximum Gasteiger partial charge on any atom is 0.338 e. The molecule has 0 aliphatic carbocycles. The SMILES string of the molecule is CS(=O)(=O)c1ccc(C(=O)OCCCC(=O)c2ccc(F)cc2)cc1[N+](=O)[O-]. The van der Waals surface area contributed by atoms with Gasteiger partial charge in [0.2, 0.25) is 0 Å². The molecule has 0 aliphatic heterocycles. The Balaban J connectivity index is 1.96. The van der Waals surface area contributed by atoms with Gasteiger partial charge in [0, 0.05) is 24.3 Å². The highest BCUT2D eigenvalue weighted by Gasteiger charge is 2.24. The van der Waals surface area contributed by atoms with Crippen molar-refractivity contribution in [3.63, 3.8) is 0 Å². The summed E-state index contributed by atoms with van der Waals surface area (Å²) in [6.07, 6.45) is 1.09. The van der Waals surface area contributed by atoms with Gasteiger partial charge in [-0.05, 0) is 42.8 Å². The number of benzene rings is 2. The molecule has 0 aromatic heterocycles. The minimum absolute atomic E-state index is 0.0616. The molecular weight excluding hydrogens is 393 g/mol. The summed E-state index contributed by atoms with van der Waals surface area (Å²) in [4.78, 5) is 33.6. The zero-order valence-corrected chi connectivity index (χ0v) is 15.6. The van der Waals surface area contributed by atoms with Gasteiger partial charge >= 0.3 is 5.97 Å². The molecule has 28 heavy (non-hydrogen) atoms. The zero-order valence-electron chi connectivity index (χ0n) is 14.8. The quantitative estimate of drug-likeness (QED) is 0.216.